The number of benzene rings is 2. The number of amides is 2. The molecule has 0 aliphatic carbocycles. The lowest BCUT2D eigenvalue weighted by atomic mass is 9.93. The molecule has 2 saturated heterocycles. The van der Waals surface area contributed by atoms with E-state index in [-0.39, 0.29) is 31.0 Å². The van der Waals surface area contributed by atoms with Crippen LogP contribution in [0.1, 0.15) is 37.8 Å². The molecule has 2 N–H and O–H groups in total. The second-order valence-corrected chi connectivity index (χ2v) is 10.6. The van der Waals surface area contributed by atoms with Gasteiger partial charge < -0.3 is 10.2 Å². The highest BCUT2D eigenvalue weighted by molar-refractivity contribution is 7.76. The van der Waals surface area contributed by atoms with E-state index in [1.54, 1.807) is 0 Å². The van der Waals surface area contributed by atoms with E-state index in [1.807, 2.05) is 6.07 Å². The topological polar surface area (TPSA) is 117 Å². The number of rotatable bonds is 9. The van der Waals surface area contributed by atoms with Crippen molar-refractivity contribution in [3.63, 3.8) is 0 Å². The van der Waals surface area contributed by atoms with Gasteiger partial charge in [0.2, 0.25) is 23.1 Å². The molecule has 192 valence electrons. The first-order valence-electron chi connectivity index (χ1n) is 12.4. The third-order valence-corrected chi connectivity index (χ3v) is 8.09. The summed E-state index contributed by atoms with van der Waals surface area (Å²) in [5, 5.41) is 13.9. The molecule has 2 amide bonds. The minimum Gasteiger partial charge on any atom is -0.343 e. The average Bonchev–Trinajstić information content (AvgIpc) is 3.22. The SMILES string of the molecule is CC(c1cccc2ccccc12)N1CCC(CN(CC(=O)N[C@H]2CCN(CC#N)C2=O)S(=O)O)CC1. The summed E-state index contributed by atoms with van der Waals surface area (Å²) >= 11 is -2.29. The van der Waals surface area contributed by atoms with Gasteiger partial charge in [0.15, 0.2) is 0 Å². The van der Waals surface area contributed by atoms with Crippen molar-refractivity contribution in [2.45, 2.75) is 38.3 Å². The number of fused-ring (bicyclic) bond motifs is 1. The maximum atomic E-state index is 12.5. The van der Waals surface area contributed by atoms with Crippen molar-refractivity contribution in [2.24, 2.45) is 5.92 Å². The Hall–Kier alpha value is -2.84. The molecule has 3 atom stereocenters. The van der Waals surface area contributed by atoms with Crippen molar-refractivity contribution in [1.82, 2.24) is 19.4 Å². The molecule has 36 heavy (non-hydrogen) atoms. The zero-order valence-corrected chi connectivity index (χ0v) is 21.3. The molecule has 2 aliphatic rings. The molecule has 10 heteroatoms. The van der Waals surface area contributed by atoms with Gasteiger partial charge in [-0.3, -0.25) is 19.0 Å². The van der Waals surface area contributed by atoms with E-state index in [0.29, 0.717) is 19.5 Å². The van der Waals surface area contributed by atoms with Gasteiger partial charge in [-0.15, -0.1) is 0 Å². The van der Waals surface area contributed by atoms with Crippen LogP contribution < -0.4 is 5.32 Å². The second-order valence-electron chi connectivity index (χ2n) is 9.60. The van der Waals surface area contributed by atoms with Crippen LogP contribution in [-0.2, 0) is 20.9 Å². The third-order valence-electron chi connectivity index (χ3n) is 7.37. The zero-order valence-electron chi connectivity index (χ0n) is 20.5. The highest BCUT2D eigenvalue weighted by Gasteiger charge is 2.33. The Morgan fingerprint density at radius 2 is 1.92 bits per heavy atom. The third kappa shape index (κ3) is 6.10. The normalized spacial score (nSPS) is 21.0. The molecule has 2 unspecified atom stereocenters. The number of nitriles is 1. The van der Waals surface area contributed by atoms with Gasteiger partial charge in [0, 0.05) is 19.1 Å². The van der Waals surface area contributed by atoms with Crippen LogP contribution in [-0.4, -0.2) is 80.0 Å². The highest BCUT2D eigenvalue weighted by Crippen LogP contribution is 2.31. The van der Waals surface area contributed by atoms with Crippen LogP contribution in [0.5, 0.6) is 0 Å². The molecule has 4 rings (SSSR count). The van der Waals surface area contributed by atoms with Gasteiger partial charge in [-0.25, -0.2) is 4.21 Å². The quantitative estimate of drug-likeness (QED) is 0.394. The van der Waals surface area contributed by atoms with Crippen LogP contribution in [0.15, 0.2) is 42.5 Å². The molecule has 9 nitrogen and oxygen atoms in total. The lowest BCUT2D eigenvalue weighted by Gasteiger charge is -2.37. The van der Waals surface area contributed by atoms with Crippen molar-refractivity contribution < 1.29 is 18.4 Å². The Labute approximate surface area is 214 Å². The van der Waals surface area contributed by atoms with Gasteiger partial charge >= 0.3 is 0 Å². The summed E-state index contributed by atoms with van der Waals surface area (Å²) < 4.78 is 23.0. The maximum absolute atomic E-state index is 12.5. The van der Waals surface area contributed by atoms with Gasteiger partial charge in [0.05, 0.1) is 12.6 Å². The lowest BCUT2D eigenvalue weighted by Crippen LogP contribution is -2.47. The predicted octanol–water partition coefficient (Wildman–Crippen LogP) is 2.29. The number of piperidine rings is 1. The number of carbonyl (C=O) groups is 2. The minimum absolute atomic E-state index is 0.00417. The summed E-state index contributed by atoms with van der Waals surface area (Å²) in [5.74, 6) is -0.546. The number of carbonyl (C=O) groups excluding carboxylic acids is 2. The van der Waals surface area contributed by atoms with Gasteiger partial charge in [0.25, 0.3) is 0 Å². The molecular formula is C26H33N5O4S. The molecule has 2 aromatic rings. The Balaban J connectivity index is 1.29. The van der Waals surface area contributed by atoms with E-state index in [0.717, 1.165) is 25.9 Å². The average molecular weight is 512 g/mol. The van der Waals surface area contributed by atoms with Crippen LogP contribution in [0, 0.1) is 17.2 Å². The van der Waals surface area contributed by atoms with E-state index in [2.05, 4.69) is 59.6 Å². The Morgan fingerprint density at radius 1 is 1.19 bits per heavy atom. The summed E-state index contributed by atoms with van der Waals surface area (Å²) in [4.78, 5) is 28.6. The molecular weight excluding hydrogens is 478 g/mol. The molecule has 2 fully saturated rings. The monoisotopic (exact) mass is 511 g/mol. The van der Waals surface area contributed by atoms with Crippen LogP contribution in [0.25, 0.3) is 10.8 Å². The Kier molecular flexibility index (Phi) is 8.69. The molecule has 0 bridgehead atoms. The fourth-order valence-electron chi connectivity index (χ4n) is 5.32. The summed E-state index contributed by atoms with van der Waals surface area (Å²) in [6.07, 6.45) is 2.17. The van der Waals surface area contributed by atoms with Crippen LogP contribution >= 0.6 is 0 Å². The second kappa shape index (κ2) is 11.9. The van der Waals surface area contributed by atoms with E-state index >= 15 is 0 Å². The molecule has 0 aromatic heterocycles. The lowest BCUT2D eigenvalue weighted by molar-refractivity contribution is -0.132. The molecule has 2 aromatic carbocycles. The summed E-state index contributed by atoms with van der Waals surface area (Å²) in [5.41, 5.74) is 1.30. The highest BCUT2D eigenvalue weighted by atomic mass is 32.2. The van der Waals surface area contributed by atoms with Crippen molar-refractivity contribution >= 4 is 33.9 Å². The number of nitrogens with one attached hydrogen (secondary N) is 1. The summed E-state index contributed by atoms with van der Waals surface area (Å²) in [6, 6.07) is 16.3. The fraction of sp³-hybridized carbons (Fsp3) is 0.500. The largest absolute Gasteiger partial charge is 0.343 e. The van der Waals surface area contributed by atoms with E-state index < -0.39 is 23.2 Å². The minimum atomic E-state index is -2.29. The Morgan fingerprint density at radius 3 is 2.64 bits per heavy atom. The van der Waals surface area contributed by atoms with E-state index in [9.17, 15) is 18.4 Å². The predicted molar refractivity (Wildman–Crippen MR) is 138 cm³/mol. The van der Waals surface area contributed by atoms with Crippen LogP contribution in [0.4, 0.5) is 0 Å². The van der Waals surface area contributed by atoms with E-state index in [4.69, 9.17) is 5.26 Å². The van der Waals surface area contributed by atoms with E-state index in [1.165, 1.54) is 25.5 Å². The van der Waals surface area contributed by atoms with Crippen LogP contribution in [0.3, 0.4) is 0 Å². The zero-order chi connectivity index (χ0) is 25.7. The van der Waals surface area contributed by atoms with Gasteiger partial charge in [-0.2, -0.15) is 9.57 Å². The Bertz CT molecular complexity index is 1160. The smallest absolute Gasteiger partial charge is 0.246 e. The van der Waals surface area contributed by atoms with Gasteiger partial charge in [0.1, 0.15) is 12.6 Å². The number of nitrogens with zero attached hydrogens (tertiary/aromatic N) is 4. The number of hydrogen-bond donors (Lipinski definition) is 2. The number of hydrogen-bond acceptors (Lipinski definition) is 5. The van der Waals surface area contributed by atoms with Gasteiger partial charge in [-0.1, -0.05) is 42.5 Å². The maximum Gasteiger partial charge on any atom is 0.246 e. The first-order valence-corrected chi connectivity index (χ1v) is 13.5. The van der Waals surface area contributed by atoms with Crippen molar-refractivity contribution in [3.8, 4) is 6.07 Å². The summed E-state index contributed by atoms with van der Waals surface area (Å²) in [7, 11) is 0. The molecule has 0 saturated carbocycles. The molecule has 2 heterocycles. The first kappa shape index (κ1) is 26.2. The molecule has 0 radical (unpaired) electrons. The fourth-order valence-corrected chi connectivity index (χ4v) is 5.89. The van der Waals surface area contributed by atoms with Crippen molar-refractivity contribution in [3.05, 3.63) is 48.0 Å². The van der Waals surface area contributed by atoms with Gasteiger partial charge in [-0.05, 0) is 61.5 Å². The van der Waals surface area contributed by atoms with Crippen molar-refractivity contribution in [2.75, 3.05) is 39.3 Å². The van der Waals surface area contributed by atoms with Crippen molar-refractivity contribution in [1.29, 1.82) is 5.26 Å². The van der Waals surface area contributed by atoms with Crippen LogP contribution in [0.2, 0.25) is 0 Å². The standard InChI is InChI=1S/C26H33N5O4S/c1-19(22-8-4-6-21-5-2-3-7-23(21)22)29-13-9-20(10-14-29)17-31(36(34)35)18-25(32)28-24-11-15-30(16-12-27)26(24)33/h2-8,19-20,24H,9-11,13-18H2,1H3,(H,28,32)(H,34,35)/t19?,24-/m0/s1. The summed E-state index contributed by atoms with van der Waals surface area (Å²) in [6.45, 7) is 4.48. The molecule has 2 aliphatic heterocycles. The number of likely N-dealkylation sites (tertiary alicyclic amines) is 2. The first-order chi connectivity index (χ1) is 17.4. The molecule has 0 spiro atoms.